The number of aryl methyl sites for hydroxylation is 2. The van der Waals surface area contributed by atoms with Gasteiger partial charge in [-0.25, -0.2) is 28.9 Å². The summed E-state index contributed by atoms with van der Waals surface area (Å²) in [5.41, 5.74) is 0.917. The highest BCUT2D eigenvalue weighted by atomic mass is 32.2. The van der Waals surface area contributed by atoms with Crippen LogP contribution in [-0.2, 0) is 10.0 Å². The number of urea groups is 1. The number of halogens is 1. The zero-order valence-corrected chi connectivity index (χ0v) is 14.2. The molecule has 1 unspecified atom stereocenters. The minimum atomic E-state index is -4.44. The monoisotopic (exact) mass is 369 g/mol. The average Bonchev–Trinajstić information content (AvgIpc) is 2.52. The van der Waals surface area contributed by atoms with Gasteiger partial charge in [0.05, 0.1) is 0 Å². The van der Waals surface area contributed by atoms with Crippen molar-refractivity contribution in [3.05, 3.63) is 41.3 Å². The summed E-state index contributed by atoms with van der Waals surface area (Å²) in [6, 6.07) is 3.11. The van der Waals surface area contributed by atoms with Crippen LogP contribution in [0.25, 0.3) is 0 Å². The molecule has 0 bridgehead atoms. The molecule has 2 rings (SSSR count). The highest BCUT2D eigenvalue weighted by Crippen LogP contribution is 2.20. The van der Waals surface area contributed by atoms with E-state index in [9.17, 15) is 22.7 Å². The standard InChI is InChI=1S/C14H16FN5O4S/c1-8-6-9(2)18-13(17-8)19-14(22)20-25(23,24)12-10(11(21)7-15)4-3-5-16-12/h3-6,11,21H,7H2,1-2H3,(H2,17,18,19,20,22). The molecule has 0 aliphatic heterocycles. The molecule has 0 radical (unpaired) electrons. The number of carbonyl (C=O) groups is 1. The number of aromatic nitrogens is 3. The van der Waals surface area contributed by atoms with E-state index in [1.807, 2.05) is 0 Å². The highest BCUT2D eigenvalue weighted by Gasteiger charge is 2.26. The van der Waals surface area contributed by atoms with Crippen molar-refractivity contribution in [2.45, 2.75) is 25.0 Å². The SMILES string of the molecule is Cc1cc(C)nc(NC(=O)NS(=O)(=O)c2ncccc2C(O)CF)n1. The van der Waals surface area contributed by atoms with Crippen LogP contribution >= 0.6 is 0 Å². The van der Waals surface area contributed by atoms with E-state index in [0.29, 0.717) is 11.4 Å². The van der Waals surface area contributed by atoms with Gasteiger partial charge < -0.3 is 5.11 Å². The molecule has 25 heavy (non-hydrogen) atoms. The number of aliphatic hydroxyl groups excluding tert-OH is 1. The molecule has 0 spiro atoms. The number of anilines is 1. The van der Waals surface area contributed by atoms with E-state index < -0.39 is 33.9 Å². The topological polar surface area (TPSA) is 134 Å². The summed E-state index contributed by atoms with van der Waals surface area (Å²) in [6.07, 6.45) is -0.528. The van der Waals surface area contributed by atoms with Crippen LogP contribution in [0.2, 0.25) is 0 Å². The number of sulfonamides is 1. The number of nitrogens with one attached hydrogen (secondary N) is 2. The number of hydrogen-bond donors (Lipinski definition) is 3. The third-order valence-corrected chi connectivity index (χ3v) is 4.30. The maximum absolute atomic E-state index is 12.7. The maximum Gasteiger partial charge on any atom is 0.335 e. The predicted molar refractivity (Wildman–Crippen MR) is 86.0 cm³/mol. The first-order valence-electron chi connectivity index (χ1n) is 7.08. The molecule has 9 nitrogen and oxygen atoms in total. The lowest BCUT2D eigenvalue weighted by Gasteiger charge is -2.13. The van der Waals surface area contributed by atoms with Gasteiger partial charge in [-0.3, -0.25) is 5.32 Å². The van der Waals surface area contributed by atoms with E-state index in [4.69, 9.17) is 0 Å². The van der Waals surface area contributed by atoms with Crippen molar-refractivity contribution in [2.75, 3.05) is 12.0 Å². The Morgan fingerprint density at radius 1 is 1.32 bits per heavy atom. The minimum absolute atomic E-state index is 0.0739. The van der Waals surface area contributed by atoms with Crippen molar-refractivity contribution in [3.63, 3.8) is 0 Å². The van der Waals surface area contributed by atoms with Gasteiger partial charge in [0.2, 0.25) is 5.95 Å². The molecule has 2 amide bonds. The van der Waals surface area contributed by atoms with Gasteiger partial charge in [0.25, 0.3) is 10.0 Å². The molecule has 3 N–H and O–H groups in total. The quantitative estimate of drug-likeness (QED) is 0.716. The van der Waals surface area contributed by atoms with Crippen LogP contribution in [0.5, 0.6) is 0 Å². The Hall–Kier alpha value is -2.66. The predicted octanol–water partition coefficient (Wildman–Crippen LogP) is 1.00. The average molecular weight is 369 g/mol. The number of rotatable bonds is 5. The van der Waals surface area contributed by atoms with Crippen LogP contribution in [-0.4, -0.2) is 41.2 Å². The Balaban J connectivity index is 2.22. The number of amides is 2. The highest BCUT2D eigenvalue weighted by molar-refractivity contribution is 7.90. The summed E-state index contributed by atoms with van der Waals surface area (Å²) in [5, 5.41) is 11.1. The van der Waals surface area contributed by atoms with E-state index >= 15 is 0 Å². The third kappa shape index (κ3) is 4.67. The molecule has 2 heterocycles. The second-order valence-electron chi connectivity index (χ2n) is 5.10. The van der Waals surface area contributed by atoms with E-state index in [-0.39, 0.29) is 11.5 Å². The van der Waals surface area contributed by atoms with Crippen molar-refractivity contribution >= 4 is 22.0 Å². The summed E-state index contributed by atoms with van der Waals surface area (Å²) in [4.78, 5) is 23.5. The number of carbonyl (C=O) groups excluding carboxylic acids is 1. The van der Waals surface area contributed by atoms with Crippen LogP contribution in [0.1, 0.15) is 23.1 Å². The largest absolute Gasteiger partial charge is 0.386 e. The number of aliphatic hydroxyl groups is 1. The molecule has 1 atom stereocenters. The fourth-order valence-corrected chi connectivity index (χ4v) is 3.15. The Bertz CT molecular complexity index is 870. The van der Waals surface area contributed by atoms with Crippen LogP contribution < -0.4 is 10.0 Å². The number of nitrogens with zero attached hydrogens (tertiary/aromatic N) is 3. The number of pyridine rings is 1. The molecule has 0 aromatic carbocycles. The molecule has 2 aromatic rings. The van der Waals surface area contributed by atoms with Crippen LogP contribution in [0.15, 0.2) is 29.4 Å². The molecular formula is C14H16FN5O4S. The molecule has 0 saturated heterocycles. The molecule has 0 aliphatic rings. The van der Waals surface area contributed by atoms with Gasteiger partial charge in [-0.2, -0.15) is 8.42 Å². The second kappa shape index (κ2) is 7.49. The Morgan fingerprint density at radius 3 is 2.56 bits per heavy atom. The first kappa shape index (κ1) is 18.7. The van der Waals surface area contributed by atoms with Crippen LogP contribution in [0, 0.1) is 13.8 Å². The Kier molecular flexibility index (Phi) is 5.59. The molecule has 0 aliphatic carbocycles. The normalized spacial score (nSPS) is 12.5. The second-order valence-corrected chi connectivity index (χ2v) is 6.70. The van der Waals surface area contributed by atoms with Crippen LogP contribution in [0.3, 0.4) is 0 Å². The molecule has 11 heteroatoms. The van der Waals surface area contributed by atoms with Crippen molar-refractivity contribution in [1.29, 1.82) is 0 Å². The molecule has 0 fully saturated rings. The van der Waals surface area contributed by atoms with Gasteiger partial charge in [0.15, 0.2) is 5.03 Å². The first-order chi connectivity index (χ1) is 11.7. The fourth-order valence-electron chi connectivity index (χ4n) is 2.04. The summed E-state index contributed by atoms with van der Waals surface area (Å²) >= 11 is 0. The van der Waals surface area contributed by atoms with E-state index in [0.717, 1.165) is 6.20 Å². The molecular weight excluding hydrogens is 353 g/mol. The third-order valence-electron chi connectivity index (χ3n) is 2.99. The van der Waals surface area contributed by atoms with Crippen molar-refractivity contribution in [2.24, 2.45) is 0 Å². The van der Waals surface area contributed by atoms with E-state index in [2.05, 4.69) is 20.3 Å². The van der Waals surface area contributed by atoms with Gasteiger partial charge in [0, 0.05) is 23.1 Å². The smallest absolute Gasteiger partial charge is 0.335 e. The van der Waals surface area contributed by atoms with Crippen molar-refractivity contribution < 1.29 is 22.7 Å². The summed E-state index contributed by atoms with van der Waals surface area (Å²) in [7, 11) is -4.44. The zero-order valence-electron chi connectivity index (χ0n) is 13.4. The lowest BCUT2D eigenvalue weighted by Crippen LogP contribution is -2.36. The lowest BCUT2D eigenvalue weighted by atomic mass is 10.2. The van der Waals surface area contributed by atoms with Crippen LogP contribution in [0.4, 0.5) is 15.1 Å². The van der Waals surface area contributed by atoms with Gasteiger partial charge in [0.1, 0.15) is 12.8 Å². The van der Waals surface area contributed by atoms with Gasteiger partial charge >= 0.3 is 6.03 Å². The summed E-state index contributed by atoms with van der Waals surface area (Å²) < 4.78 is 39.0. The van der Waals surface area contributed by atoms with E-state index in [1.165, 1.54) is 12.1 Å². The minimum Gasteiger partial charge on any atom is -0.386 e. The first-order valence-corrected chi connectivity index (χ1v) is 8.56. The Labute approximate surface area is 143 Å². The fraction of sp³-hybridized carbons (Fsp3) is 0.286. The van der Waals surface area contributed by atoms with Crippen molar-refractivity contribution in [1.82, 2.24) is 19.7 Å². The molecule has 134 valence electrons. The van der Waals surface area contributed by atoms with Gasteiger partial charge in [-0.05, 0) is 26.0 Å². The zero-order chi connectivity index (χ0) is 18.6. The van der Waals surface area contributed by atoms with Gasteiger partial charge in [-0.15, -0.1) is 0 Å². The number of alkyl halides is 1. The summed E-state index contributed by atoms with van der Waals surface area (Å²) in [5.74, 6) is -0.0739. The maximum atomic E-state index is 12.7. The van der Waals surface area contributed by atoms with Crippen molar-refractivity contribution in [3.8, 4) is 0 Å². The summed E-state index contributed by atoms with van der Waals surface area (Å²) in [6.45, 7) is 2.18. The van der Waals surface area contributed by atoms with Gasteiger partial charge in [-0.1, -0.05) is 6.07 Å². The van der Waals surface area contributed by atoms with E-state index in [1.54, 1.807) is 24.6 Å². The number of hydrogen-bond acceptors (Lipinski definition) is 7. The Morgan fingerprint density at radius 2 is 1.96 bits per heavy atom. The lowest BCUT2D eigenvalue weighted by molar-refractivity contribution is 0.138. The molecule has 0 saturated carbocycles. The molecule has 2 aromatic heterocycles.